The molecule has 0 spiro atoms. The molecule has 2 aromatic heterocycles. The van der Waals surface area contributed by atoms with Crippen LogP contribution in [0.4, 0.5) is 0 Å². The minimum Gasteiger partial charge on any atom is -0.496 e. The lowest BCUT2D eigenvalue weighted by molar-refractivity contribution is -0.124. The Morgan fingerprint density at radius 1 is 1.19 bits per heavy atom. The first-order valence-electron chi connectivity index (χ1n) is 8.50. The Morgan fingerprint density at radius 2 is 2.00 bits per heavy atom. The Labute approximate surface area is 156 Å². The molecule has 0 radical (unpaired) electrons. The second-order valence-corrected chi connectivity index (χ2v) is 5.95. The molecule has 7 nitrogen and oxygen atoms in total. The molecule has 1 amide bonds. The lowest BCUT2D eigenvalue weighted by atomic mass is 10.2. The molecule has 0 bridgehead atoms. The topological polar surface area (TPSA) is 86.1 Å². The van der Waals surface area contributed by atoms with Gasteiger partial charge < -0.3 is 10.1 Å². The summed E-state index contributed by atoms with van der Waals surface area (Å²) in [5.41, 5.74) is 1.85. The molecule has 1 N–H and O–H groups in total. The Morgan fingerprint density at radius 3 is 2.74 bits per heavy atom. The van der Waals surface area contributed by atoms with Crippen LogP contribution < -0.4 is 15.6 Å². The van der Waals surface area contributed by atoms with Crippen LogP contribution in [-0.2, 0) is 11.3 Å². The summed E-state index contributed by atoms with van der Waals surface area (Å²) in [4.78, 5) is 28.8. The molecule has 1 unspecified atom stereocenters. The van der Waals surface area contributed by atoms with Crippen molar-refractivity contribution in [2.45, 2.75) is 19.5 Å². The summed E-state index contributed by atoms with van der Waals surface area (Å²) in [6.45, 7) is 1.93. The second-order valence-electron chi connectivity index (χ2n) is 5.95. The van der Waals surface area contributed by atoms with E-state index in [-0.39, 0.29) is 11.5 Å². The molecule has 0 fully saturated rings. The zero-order valence-corrected chi connectivity index (χ0v) is 15.1. The molecule has 0 aliphatic carbocycles. The highest BCUT2D eigenvalue weighted by molar-refractivity contribution is 5.79. The standard InChI is InChI=1S/C20H20N4O3/c1-14(20(26)22-13-16-6-3-4-8-18(16)27-2)24-19(25)10-9-17(23-24)15-7-5-11-21-12-15/h3-12,14H,13H2,1-2H3,(H,22,26). The maximum atomic E-state index is 12.6. The summed E-state index contributed by atoms with van der Waals surface area (Å²) in [5, 5.41) is 7.16. The summed E-state index contributed by atoms with van der Waals surface area (Å²) in [5.74, 6) is 0.387. The number of nitrogens with one attached hydrogen (secondary N) is 1. The first-order valence-corrected chi connectivity index (χ1v) is 8.50. The summed E-state index contributed by atoms with van der Waals surface area (Å²) < 4.78 is 6.46. The minimum absolute atomic E-state index is 0.296. The zero-order chi connectivity index (χ0) is 19.2. The quantitative estimate of drug-likeness (QED) is 0.725. The van der Waals surface area contributed by atoms with Gasteiger partial charge in [0.25, 0.3) is 5.56 Å². The smallest absolute Gasteiger partial charge is 0.267 e. The minimum atomic E-state index is -0.760. The number of carbonyl (C=O) groups is 1. The molecule has 3 rings (SSSR count). The number of hydrogen-bond acceptors (Lipinski definition) is 5. The van der Waals surface area contributed by atoms with E-state index in [2.05, 4.69) is 15.4 Å². The molecule has 138 valence electrons. The molecular formula is C20H20N4O3. The number of benzene rings is 1. The molecule has 0 saturated carbocycles. The van der Waals surface area contributed by atoms with Crippen molar-refractivity contribution in [2.24, 2.45) is 0 Å². The molecule has 1 atom stereocenters. The van der Waals surface area contributed by atoms with E-state index < -0.39 is 6.04 Å². The number of carbonyl (C=O) groups excluding carboxylic acids is 1. The van der Waals surface area contributed by atoms with Gasteiger partial charge in [-0.3, -0.25) is 14.6 Å². The average molecular weight is 364 g/mol. The Balaban J connectivity index is 1.77. The van der Waals surface area contributed by atoms with Gasteiger partial charge in [0.1, 0.15) is 11.8 Å². The molecule has 27 heavy (non-hydrogen) atoms. The third-order valence-electron chi connectivity index (χ3n) is 4.17. The van der Waals surface area contributed by atoms with Crippen LogP contribution in [0.2, 0.25) is 0 Å². The highest BCUT2D eigenvalue weighted by Crippen LogP contribution is 2.17. The van der Waals surface area contributed by atoms with Gasteiger partial charge in [0.15, 0.2) is 0 Å². The number of nitrogens with zero attached hydrogens (tertiary/aromatic N) is 3. The van der Waals surface area contributed by atoms with Gasteiger partial charge in [-0.05, 0) is 31.2 Å². The summed E-state index contributed by atoms with van der Waals surface area (Å²) in [7, 11) is 1.58. The van der Waals surface area contributed by atoms with Gasteiger partial charge >= 0.3 is 0 Å². The van der Waals surface area contributed by atoms with Crippen LogP contribution in [0.15, 0.2) is 65.7 Å². The van der Waals surface area contributed by atoms with Gasteiger partial charge in [-0.1, -0.05) is 18.2 Å². The summed E-state index contributed by atoms with van der Waals surface area (Å²) in [6, 6.07) is 13.3. The van der Waals surface area contributed by atoms with Gasteiger partial charge in [0.2, 0.25) is 5.91 Å². The first kappa shape index (κ1) is 18.3. The van der Waals surface area contributed by atoms with E-state index in [1.165, 1.54) is 10.7 Å². The Kier molecular flexibility index (Phi) is 5.61. The average Bonchev–Trinajstić information content (AvgIpc) is 2.72. The molecular weight excluding hydrogens is 344 g/mol. The number of hydrogen-bond donors (Lipinski definition) is 1. The van der Waals surface area contributed by atoms with Crippen molar-refractivity contribution in [3.8, 4) is 17.0 Å². The Hall–Kier alpha value is -3.48. The SMILES string of the molecule is COc1ccccc1CNC(=O)C(C)n1nc(-c2cccnc2)ccc1=O. The fourth-order valence-corrected chi connectivity index (χ4v) is 2.66. The predicted octanol–water partition coefficient (Wildman–Crippen LogP) is 2.19. The summed E-state index contributed by atoms with van der Waals surface area (Å²) in [6.07, 6.45) is 3.32. The number of ether oxygens (including phenoxy) is 1. The van der Waals surface area contributed by atoms with Crippen LogP contribution in [0, 0.1) is 0 Å². The normalized spacial score (nSPS) is 11.6. The monoisotopic (exact) mass is 364 g/mol. The fourth-order valence-electron chi connectivity index (χ4n) is 2.66. The fraction of sp³-hybridized carbons (Fsp3) is 0.200. The van der Waals surface area contributed by atoms with Crippen LogP contribution in [0.25, 0.3) is 11.3 Å². The molecule has 1 aromatic carbocycles. The van der Waals surface area contributed by atoms with E-state index in [0.29, 0.717) is 18.0 Å². The number of pyridine rings is 1. The summed E-state index contributed by atoms with van der Waals surface area (Å²) >= 11 is 0. The van der Waals surface area contributed by atoms with Crippen molar-refractivity contribution < 1.29 is 9.53 Å². The second kappa shape index (κ2) is 8.27. The number of para-hydroxylation sites is 1. The van der Waals surface area contributed by atoms with Gasteiger partial charge in [-0.15, -0.1) is 0 Å². The highest BCUT2D eigenvalue weighted by Gasteiger charge is 2.18. The van der Waals surface area contributed by atoms with E-state index in [1.54, 1.807) is 38.6 Å². The van der Waals surface area contributed by atoms with Gasteiger partial charge in [-0.25, -0.2) is 4.68 Å². The third-order valence-corrected chi connectivity index (χ3v) is 4.17. The van der Waals surface area contributed by atoms with Crippen molar-refractivity contribution in [2.75, 3.05) is 7.11 Å². The first-order chi connectivity index (χ1) is 13.1. The predicted molar refractivity (Wildman–Crippen MR) is 101 cm³/mol. The van der Waals surface area contributed by atoms with Crippen molar-refractivity contribution in [3.63, 3.8) is 0 Å². The third kappa shape index (κ3) is 4.20. The lowest BCUT2D eigenvalue weighted by Gasteiger charge is -2.16. The van der Waals surface area contributed by atoms with Gasteiger partial charge in [0, 0.05) is 36.1 Å². The highest BCUT2D eigenvalue weighted by atomic mass is 16.5. The van der Waals surface area contributed by atoms with E-state index in [1.807, 2.05) is 30.3 Å². The number of amides is 1. The Bertz CT molecular complexity index is 986. The van der Waals surface area contributed by atoms with Crippen molar-refractivity contribution in [1.29, 1.82) is 0 Å². The molecule has 3 aromatic rings. The van der Waals surface area contributed by atoms with Crippen LogP contribution in [0.3, 0.4) is 0 Å². The van der Waals surface area contributed by atoms with Gasteiger partial charge in [-0.2, -0.15) is 5.10 Å². The molecule has 0 aliphatic heterocycles. The van der Waals surface area contributed by atoms with Crippen LogP contribution in [0.1, 0.15) is 18.5 Å². The molecule has 7 heteroatoms. The lowest BCUT2D eigenvalue weighted by Crippen LogP contribution is -2.36. The number of rotatable bonds is 6. The van der Waals surface area contributed by atoms with Crippen LogP contribution in [0.5, 0.6) is 5.75 Å². The van der Waals surface area contributed by atoms with Crippen molar-refractivity contribution in [3.05, 3.63) is 76.8 Å². The number of methoxy groups -OCH3 is 1. The van der Waals surface area contributed by atoms with E-state index >= 15 is 0 Å². The van der Waals surface area contributed by atoms with Gasteiger partial charge in [0.05, 0.1) is 12.8 Å². The largest absolute Gasteiger partial charge is 0.496 e. The zero-order valence-electron chi connectivity index (χ0n) is 15.1. The van der Waals surface area contributed by atoms with Crippen LogP contribution >= 0.6 is 0 Å². The molecule has 0 saturated heterocycles. The van der Waals surface area contributed by atoms with Crippen LogP contribution in [-0.4, -0.2) is 27.8 Å². The van der Waals surface area contributed by atoms with Crippen molar-refractivity contribution in [1.82, 2.24) is 20.1 Å². The number of aromatic nitrogens is 3. The maximum absolute atomic E-state index is 12.6. The molecule has 0 aliphatic rings. The van der Waals surface area contributed by atoms with Crippen molar-refractivity contribution >= 4 is 5.91 Å². The molecule has 2 heterocycles. The van der Waals surface area contributed by atoms with E-state index in [0.717, 1.165) is 11.1 Å². The maximum Gasteiger partial charge on any atom is 0.267 e. The van der Waals surface area contributed by atoms with E-state index in [4.69, 9.17) is 4.74 Å². The van der Waals surface area contributed by atoms with E-state index in [9.17, 15) is 9.59 Å².